The summed E-state index contributed by atoms with van der Waals surface area (Å²) in [4.78, 5) is 10.9. The van der Waals surface area contributed by atoms with Gasteiger partial charge in [0.25, 0.3) is 5.69 Å². The summed E-state index contributed by atoms with van der Waals surface area (Å²) >= 11 is 0. The second-order valence-electron chi connectivity index (χ2n) is 6.34. The van der Waals surface area contributed by atoms with E-state index in [1.54, 1.807) is 23.0 Å². The lowest BCUT2D eigenvalue weighted by molar-refractivity contribution is -0.385. The Kier molecular flexibility index (Phi) is 5.60. The van der Waals surface area contributed by atoms with Crippen LogP contribution in [0, 0.1) is 10.1 Å². The highest BCUT2D eigenvalue weighted by molar-refractivity contribution is 5.62. The molecule has 0 aliphatic rings. The highest BCUT2D eigenvalue weighted by Crippen LogP contribution is 2.36. The molecule has 8 heteroatoms. The predicted octanol–water partition coefficient (Wildman–Crippen LogP) is 3.29. The van der Waals surface area contributed by atoms with Crippen LogP contribution in [0.25, 0.3) is 11.1 Å². The van der Waals surface area contributed by atoms with Gasteiger partial charge in [0, 0.05) is 30.8 Å². The fourth-order valence-corrected chi connectivity index (χ4v) is 3.04. The number of aliphatic hydroxyl groups excluding tert-OH is 1. The van der Waals surface area contributed by atoms with E-state index in [0.29, 0.717) is 16.9 Å². The Labute approximate surface area is 162 Å². The number of nitrogens with zero attached hydrogens (tertiary/aromatic N) is 3. The molecule has 0 aliphatic carbocycles. The molecule has 146 valence electrons. The van der Waals surface area contributed by atoms with Crippen LogP contribution in [0.15, 0.2) is 48.8 Å². The minimum atomic E-state index is -0.903. The van der Waals surface area contributed by atoms with Gasteiger partial charge in [0.15, 0.2) is 11.5 Å². The first-order chi connectivity index (χ1) is 13.4. The van der Waals surface area contributed by atoms with Gasteiger partial charge in [0.05, 0.1) is 37.5 Å². The number of aliphatic hydroxyl groups is 1. The van der Waals surface area contributed by atoms with E-state index < -0.39 is 11.0 Å². The van der Waals surface area contributed by atoms with Gasteiger partial charge in [-0.2, -0.15) is 5.10 Å². The first kappa shape index (κ1) is 19.4. The van der Waals surface area contributed by atoms with Crippen LogP contribution in [0.1, 0.15) is 17.2 Å². The van der Waals surface area contributed by atoms with Crippen LogP contribution in [-0.2, 0) is 13.5 Å². The maximum Gasteiger partial charge on any atom is 0.276 e. The minimum absolute atomic E-state index is 0.0723. The van der Waals surface area contributed by atoms with Gasteiger partial charge in [0.2, 0.25) is 0 Å². The van der Waals surface area contributed by atoms with E-state index in [1.807, 2.05) is 25.4 Å². The molecular formula is C20H21N3O5. The van der Waals surface area contributed by atoms with E-state index in [1.165, 1.54) is 26.4 Å². The average Bonchev–Trinajstić information content (AvgIpc) is 3.13. The third-order valence-electron chi connectivity index (χ3n) is 4.53. The Morgan fingerprint density at radius 3 is 2.32 bits per heavy atom. The Bertz CT molecular complexity index is 982. The summed E-state index contributed by atoms with van der Waals surface area (Å²) in [5.41, 5.74) is 2.85. The lowest BCUT2D eigenvalue weighted by Gasteiger charge is -2.14. The van der Waals surface area contributed by atoms with Gasteiger partial charge in [-0.15, -0.1) is 0 Å². The molecule has 1 atom stereocenters. The van der Waals surface area contributed by atoms with Crippen LogP contribution < -0.4 is 9.47 Å². The second-order valence-corrected chi connectivity index (χ2v) is 6.34. The summed E-state index contributed by atoms with van der Waals surface area (Å²) in [5.74, 6) is 0.649. The summed E-state index contributed by atoms with van der Waals surface area (Å²) in [6.45, 7) is 0. The van der Waals surface area contributed by atoms with Crippen molar-refractivity contribution >= 4 is 5.69 Å². The topological polar surface area (TPSA) is 99.7 Å². The van der Waals surface area contributed by atoms with Crippen molar-refractivity contribution in [3.63, 3.8) is 0 Å². The van der Waals surface area contributed by atoms with Gasteiger partial charge >= 0.3 is 0 Å². The van der Waals surface area contributed by atoms with Crippen molar-refractivity contribution in [1.29, 1.82) is 0 Å². The van der Waals surface area contributed by atoms with Crippen molar-refractivity contribution in [3.8, 4) is 22.6 Å². The smallest absolute Gasteiger partial charge is 0.276 e. The van der Waals surface area contributed by atoms with Gasteiger partial charge in [-0.3, -0.25) is 14.8 Å². The number of rotatable bonds is 7. The summed E-state index contributed by atoms with van der Waals surface area (Å²) in [6, 6.07) is 10.2. The van der Waals surface area contributed by atoms with E-state index in [-0.39, 0.29) is 17.9 Å². The Morgan fingerprint density at radius 2 is 1.79 bits per heavy atom. The molecule has 2 aromatic carbocycles. The number of ether oxygens (including phenoxy) is 2. The van der Waals surface area contributed by atoms with Gasteiger partial charge in [0.1, 0.15) is 0 Å². The van der Waals surface area contributed by atoms with Crippen LogP contribution in [-0.4, -0.2) is 34.0 Å². The summed E-state index contributed by atoms with van der Waals surface area (Å²) in [7, 11) is 4.72. The molecule has 1 heterocycles. The lowest BCUT2D eigenvalue weighted by atomic mass is 9.98. The van der Waals surface area contributed by atoms with Crippen LogP contribution >= 0.6 is 0 Å². The van der Waals surface area contributed by atoms with E-state index in [9.17, 15) is 15.2 Å². The number of nitro groups is 1. The number of aromatic nitrogens is 2. The van der Waals surface area contributed by atoms with Crippen molar-refractivity contribution in [2.75, 3.05) is 14.2 Å². The molecule has 0 bridgehead atoms. The molecule has 0 amide bonds. The maximum absolute atomic E-state index is 11.4. The summed E-state index contributed by atoms with van der Waals surface area (Å²) < 4.78 is 12.1. The van der Waals surface area contributed by atoms with Gasteiger partial charge in [-0.1, -0.05) is 24.3 Å². The van der Waals surface area contributed by atoms with Crippen molar-refractivity contribution in [3.05, 3.63) is 70.0 Å². The lowest BCUT2D eigenvalue weighted by Crippen LogP contribution is -2.05. The minimum Gasteiger partial charge on any atom is -0.493 e. The zero-order chi connectivity index (χ0) is 20.3. The Hall–Kier alpha value is -3.39. The van der Waals surface area contributed by atoms with Crippen LogP contribution in [0.4, 0.5) is 5.69 Å². The highest BCUT2D eigenvalue weighted by Gasteiger charge is 2.22. The molecule has 1 unspecified atom stereocenters. The summed E-state index contributed by atoms with van der Waals surface area (Å²) in [6.07, 6.45) is 2.83. The van der Waals surface area contributed by atoms with Gasteiger partial charge in [-0.05, 0) is 17.2 Å². The molecule has 28 heavy (non-hydrogen) atoms. The van der Waals surface area contributed by atoms with Gasteiger partial charge in [-0.25, -0.2) is 0 Å². The molecule has 0 radical (unpaired) electrons. The van der Waals surface area contributed by atoms with Crippen LogP contribution in [0.2, 0.25) is 0 Å². The fourth-order valence-electron chi connectivity index (χ4n) is 3.04. The molecular weight excluding hydrogens is 362 g/mol. The van der Waals surface area contributed by atoms with Crippen molar-refractivity contribution in [2.45, 2.75) is 12.5 Å². The third kappa shape index (κ3) is 3.96. The molecule has 0 aliphatic heterocycles. The number of benzene rings is 2. The first-order valence-corrected chi connectivity index (χ1v) is 8.59. The molecule has 8 nitrogen and oxygen atoms in total. The number of methoxy groups -OCH3 is 2. The summed E-state index contributed by atoms with van der Waals surface area (Å²) in [5, 5.41) is 26.2. The van der Waals surface area contributed by atoms with Gasteiger partial charge < -0.3 is 14.6 Å². The van der Waals surface area contributed by atoms with Crippen LogP contribution in [0.5, 0.6) is 11.5 Å². The molecule has 3 rings (SSSR count). The Balaban J connectivity index is 1.86. The molecule has 0 fully saturated rings. The zero-order valence-electron chi connectivity index (χ0n) is 15.8. The SMILES string of the molecule is COc1cc(CC(O)c2ccc(-c3cnn(C)c3)cc2)c([N+](=O)[O-])cc1OC. The van der Waals surface area contributed by atoms with Crippen LogP contribution in [0.3, 0.4) is 0 Å². The molecule has 0 saturated carbocycles. The van der Waals surface area contributed by atoms with E-state index in [4.69, 9.17) is 9.47 Å². The molecule has 0 spiro atoms. The zero-order valence-corrected chi connectivity index (χ0v) is 15.8. The number of aryl methyl sites for hydroxylation is 1. The predicted molar refractivity (Wildman–Crippen MR) is 104 cm³/mol. The second kappa shape index (κ2) is 8.10. The number of hydrogen-bond donors (Lipinski definition) is 1. The molecule has 1 N–H and O–H groups in total. The van der Waals surface area contributed by atoms with E-state index in [0.717, 1.165) is 11.1 Å². The quantitative estimate of drug-likeness (QED) is 0.496. The fraction of sp³-hybridized carbons (Fsp3) is 0.250. The van der Waals surface area contributed by atoms with E-state index >= 15 is 0 Å². The third-order valence-corrected chi connectivity index (χ3v) is 4.53. The molecule has 1 aromatic heterocycles. The first-order valence-electron chi connectivity index (χ1n) is 8.59. The standard InChI is InChI=1S/C20H21N3O5/c1-22-12-16(11-21-22)13-4-6-14(7-5-13)18(24)8-15-9-19(27-2)20(28-3)10-17(15)23(25)26/h4-7,9-12,18,24H,8H2,1-3H3. The average molecular weight is 383 g/mol. The van der Waals surface area contributed by atoms with E-state index in [2.05, 4.69) is 5.10 Å². The number of hydrogen-bond acceptors (Lipinski definition) is 6. The highest BCUT2D eigenvalue weighted by atomic mass is 16.6. The normalized spacial score (nSPS) is 11.9. The maximum atomic E-state index is 11.4. The monoisotopic (exact) mass is 383 g/mol. The Morgan fingerprint density at radius 1 is 1.14 bits per heavy atom. The number of nitro benzene ring substituents is 1. The largest absolute Gasteiger partial charge is 0.493 e. The molecule has 0 saturated heterocycles. The van der Waals surface area contributed by atoms with Crippen molar-refractivity contribution < 1.29 is 19.5 Å². The van der Waals surface area contributed by atoms with Crippen molar-refractivity contribution in [1.82, 2.24) is 9.78 Å². The molecule has 3 aromatic rings. The van der Waals surface area contributed by atoms with Crippen molar-refractivity contribution in [2.24, 2.45) is 7.05 Å².